The number of halogens is 2. The summed E-state index contributed by atoms with van der Waals surface area (Å²) in [6.07, 6.45) is 2.47. The van der Waals surface area contributed by atoms with Gasteiger partial charge in [0.05, 0.1) is 0 Å². The van der Waals surface area contributed by atoms with Crippen LogP contribution < -0.4 is 5.73 Å². The highest BCUT2D eigenvalue weighted by Crippen LogP contribution is 2.35. The maximum absolute atomic E-state index is 13.2. The number of nitrogens with two attached hydrogens (primary N) is 1. The Hall–Kier alpha value is -0.960. The molecule has 0 saturated heterocycles. The molecule has 1 saturated carbocycles. The van der Waals surface area contributed by atoms with Gasteiger partial charge in [-0.15, -0.1) is 0 Å². The van der Waals surface area contributed by atoms with Crippen LogP contribution in [-0.4, -0.2) is 5.54 Å². The van der Waals surface area contributed by atoms with Gasteiger partial charge in [0.2, 0.25) is 0 Å². The Morgan fingerprint density at radius 3 is 2.21 bits per heavy atom. The van der Waals surface area contributed by atoms with Crippen LogP contribution in [0.5, 0.6) is 0 Å². The van der Waals surface area contributed by atoms with E-state index in [4.69, 9.17) is 5.73 Å². The lowest BCUT2D eigenvalue weighted by atomic mass is 10.0. The SMILES string of the molecule is Cc1c(F)cc(CC2(N)CC2)cc1F. The van der Waals surface area contributed by atoms with E-state index in [9.17, 15) is 8.78 Å². The van der Waals surface area contributed by atoms with E-state index in [0.717, 1.165) is 12.8 Å². The van der Waals surface area contributed by atoms with Crippen LogP contribution in [0, 0.1) is 18.6 Å². The Morgan fingerprint density at radius 1 is 1.29 bits per heavy atom. The van der Waals surface area contributed by atoms with Crippen LogP contribution in [-0.2, 0) is 6.42 Å². The average molecular weight is 197 g/mol. The molecule has 0 unspecified atom stereocenters. The third-order valence-corrected chi connectivity index (χ3v) is 2.79. The Kier molecular flexibility index (Phi) is 2.07. The second-order valence-corrected chi connectivity index (χ2v) is 4.22. The highest BCUT2D eigenvalue weighted by molar-refractivity contribution is 5.27. The Labute approximate surface area is 81.9 Å². The van der Waals surface area contributed by atoms with Gasteiger partial charge in [-0.05, 0) is 43.9 Å². The molecule has 0 bridgehead atoms. The Balaban J connectivity index is 2.26. The van der Waals surface area contributed by atoms with Gasteiger partial charge in [0, 0.05) is 11.1 Å². The molecule has 0 aliphatic heterocycles. The van der Waals surface area contributed by atoms with Crippen LogP contribution in [0.2, 0.25) is 0 Å². The first-order chi connectivity index (χ1) is 6.50. The molecule has 3 heteroatoms. The van der Waals surface area contributed by atoms with Crippen LogP contribution >= 0.6 is 0 Å². The molecule has 0 atom stereocenters. The summed E-state index contributed by atoms with van der Waals surface area (Å²) in [7, 11) is 0. The van der Waals surface area contributed by atoms with Crippen molar-refractivity contribution in [2.45, 2.75) is 31.7 Å². The van der Waals surface area contributed by atoms with E-state index in [-0.39, 0.29) is 11.1 Å². The van der Waals surface area contributed by atoms with Gasteiger partial charge in [-0.2, -0.15) is 0 Å². The molecule has 2 N–H and O–H groups in total. The molecule has 2 rings (SSSR count). The second-order valence-electron chi connectivity index (χ2n) is 4.22. The molecule has 0 amide bonds. The Morgan fingerprint density at radius 2 is 1.79 bits per heavy atom. The van der Waals surface area contributed by atoms with Gasteiger partial charge in [0.25, 0.3) is 0 Å². The minimum atomic E-state index is -0.482. The molecule has 1 aromatic carbocycles. The second kappa shape index (κ2) is 3.02. The molecular formula is C11H13F2N. The maximum atomic E-state index is 13.2. The van der Waals surface area contributed by atoms with E-state index in [1.165, 1.54) is 19.1 Å². The first-order valence-electron chi connectivity index (χ1n) is 4.74. The van der Waals surface area contributed by atoms with E-state index in [1.807, 2.05) is 0 Å². The van der Waals surface area contributed by atoms with Crippen LogP contribution in [0.3, 0.4) is 0 Å². The lowest BCUT2D eigenvalue weighted by molar-refractivity contribution is 0.560. The largest absolute Gasteiger partial charge is 0.325 e. The fraction of sp³-hybridized carbons (Fsp3) is 0.455. The molecule has 0 spiro atoms. The van der Waals surface area contributed by atoms with Crippen LogP contribution in [0.25, 0.3) is 0 Å². The van der Waals surface area contributed by atoms with E-state index in [0.29, 0.717) is 12.0 Å². The van der Waals surface area contributed by atoms with E-state index in [1.54, 1.807) is 0 Å². The highest BCUT2D eigenvalue weighted by atomic mass is 19.1. The third kappa shape index (κ3) is 1.77. The normalized spacial score (nSPS) is 18.3. The summed E-state index contributed by atoms with van der Waals surface area (Å²) in [6.45, 7) is 1.43. The summed E-state index contributed by atoms with van der Waals surface area (Å²) < 4.78 is 26.3. The van der Waals surface area contributed by atoms with Gasteiger partial charge in [-0.3, -0.25) is 0 Å². The lowest BCUT2D eigenvalue weighted by Crippen LogP contribution is -2.24. The third-order valence-electron chi connectivity index (χ3n) is 2.79. The number of hydrogen-bond acceptors (Lipinski definition) is 1. The van der Waals surface area contributed by atoms with Crippen molar-refractivity contribution in [1.29, 1.82) is 0 Å². The molecule has 1 aromatic rings. The summed E-state index contributed by atoms with van der Waals surface area (Å²) in [5, 5.41) is 0. The maximum Gasteiger partial charge on any atom is 0.129 e. The molecule has 1 aliphatic rings. The smallest absolute Gasteiger partial charge is 0.129 e. The van der Waals surface area contributed by atoms with E-state index < -0.39 is 11.6 Å². The van der Waals surface area contributed by atoms with Crippen molar-refractivity contribution >= 4 is 0 Å². The van der Waals surface area contributed by atoms with Crippen molar-refractivity contribution in [3.05, 3.63) is 34.9 Å². The summed E-state index contributed by atoms with van der Waals surface area (Å²) in [6, 6.07) is 2.76. The number of benzene rings is 1. The van der Waals surface area contributed by atoms with Crippen molar-refractivity contribution in [3.63, 3.8) is 0 Å². The molecule has 0 radical (unpaired) electrons. The molecule has 1 aliphatic carbocycles. The summed E-state index contributed by atoms with van der Waals surface area (Å²) in [4.78, 5) is 0. The monoisotopic (exact) mass is 197 g/mol. The van der Waals surface area contributed by atoms with Crippen molar-refractivity contribution in [2.75, 3.05) is 0 Å². The average Bonchev–Trinajstić information content (AvgIpc) is 2.79. The van der Waals surface area contributed by atoms with Crippen LogP contribution in [0.1, 0.15) is 24.0 Å². The zero-order valence-corrected chi connectivity index (χ0v) is 8.11. The Bertz CT molecular complexity index is 347. The van der Waals surface area contributed by atoms with Gasteiger partial charge >= 0.3 is 0 Å². The topological polar surface area (TPSA) is 26.0 Å². The van der Waals surface area contributed by atoms with Crippen molar-refractivity contribution in [1.82, 2.24) is 0 Å². The van der Waals surface area contributed by atoms with Crippen molar-refractivity contribution < 1.29 is 8.78 Å². The predicted octanol–water partition coefficient (Wildman–Crippen LogP) is 2.31. The quantitative estimate of drug-likeness (QED) is 0.773. The van der Waals surface area contributed by atoms with Gasteiger partial charge < -0.3 is 5.73 Å². The predicted molar refractivity (Wildman–Crippen MR) is 51.0 cm³/mol. The summed E-state index contributed by atoms with van der Waals surface area (Å²) in [5.74, 6) is -0.964. The zero-order chi connectivity index (χ0) is 10.3. The van der Waals surface area contributed by atoms with Crippen LogP contribution in [0.4, 0.5) is 8.78 Å². The fourth-order valence-corrected chi connectivity index (χ4v) is 1.54. The zero-order valence-electron chi connectivity index (χ0n) is 8.11. The molecule has 0 heterocycles. The molecule has 0 aromatic heterocycles. The summed E-state index contributed by atoms with van der Waals surface area (Å²) >= 11 is 0. The molecule has 1 nitrogen and oxygen atoms in total. The van der Waals surface area contributed by atoms with Crippen LogP contribution in [0.15, 0.2) is 12.1 Å². The number of hydrogen-bond donors (Lipinski definition) is 1. The van der Waals surface area contributed by atoms with Crippen molar-refractivity contribution in [3.8, 4) is 0 Å². The fourth-order valence-electron chi connectivity index (χ4n) is 1.54. The van der Waals surface area contributed by atoms with Gasteiger partial charge in [-0.25, -0.2) is 8.78 Å². The van der Waals surface area contributed by atoms with Crippen molar-refractivity contribution in [2.24, 2.45) is 5.73 Å². The van der Waals surface area contributed by atoms with Gasteiger partial charge in [0.1, 0.15) is 11.6 Å². The first-order valence-corrected chi connectivity index (χ1v) is 4.74. The lowest BCUT2D eigenvalue weighted by Gasteiger charge is -2.09. The molecule has 14 heavy (non-hydrogen) atoms. The molecule has 76 valence electrons. The summed E-state index contributed by atoms with van der Waals surface area (Å²) in [5.41, 5.74) is 6.41. The molecule has 1 fully saturated rings. The van der Waals surface area contributed by atoms with Gasteiger partial charge in [0.15, 0.2) is 0 Å². The first kappa shape index (κ1) is 9.59. The minimum Gasteiger partial charge on any atom is -0.325 e. The highest BCUT2D eigenvalue weighted by Gasteiger charge is 2.38. The van der Waals surface area contributed by atoms with E-state index >= 15 is 0 Å². The standard InChI is InChI=1S/C11H13F2N/c1-7-9(12)4-8(5-10(7)13)6-11(14)2-3-11/h4-5H,2-3,6,14H2,1H3. The van der Waals surface area contributed by atoms with Gasteiger partial charge in [-0.1, -0.05) is 0 Å². The molecular weight excluding hydrogens is 184 g/mol. The minimum absolute atomic E-state index is 0.0793. The number of rotatable bonds is 2. The van der Waals surface area contributed by atoms with E-state index in [2.05, 4.69) is 0 Å².